The van der Waals surface area contributed by atoms with E-state index >= 15 is 0 Å². The van der Waals surface area contributed by atoms with Crippen molar-refractivity contribution in [1.29, 1.82) is 0 Å². The molecule has 0 atom stereocenters. The lowest BCUT2D eigenvalue weighted by atomic mass is 10.2. The first kappa shape index (κ1) is 8.49. The van der Waals surface area contributed by atoms with E-state index in [1.165, 1.54) is 0 Å². The third kappa shape index (κ3) is 1.28. The Morgan fingerprint density at radius 2 is 2.23 bits per heavy atom. The monoisotopic (exact) mass is 199 g/mol. The van der Waals surface area contributed by atoms with Gasteiger partial charge in [-0.1, -0.05) is 0 Å². The van der Waals surface area contributed by atoms with E-state index in [9.17, 15) is 8.42 Å². The van der Waals surface area contributed by atoms with Gasteiger partial charge in [-0.05, 0) is 23.8 Å². The number of sulfonamides is 1. The number of nitrogen functional groups attached to an aromatic ring is 1. The SMILES string of the molecule is NNc1ccc2c(c1)CNS2(=O)=O. The summed E-state index contributed by atoms with van der Waals surface area (Å²) < 4.78 is 25.0. The maximum Gasteiger partial charge on any atom is 0.241 e. The number of hydrogen-bond acceptors (Lipinski definition) is 4. The van der Waals surface area contributed by atoms with Crippen molar-refractivity contribution in [2.75, 3.05) is 5.43 Å². The van der Waals surface area contributed by atoms with Crippen LogP contribution in [-0.4, -0.2) is 8.42 Å². The molecule has 0 fully saturated rings. The number of fused-ring (bicyclic) bond motifs is 1. The van der Waals surface area contributed by atoms with Crippen molar-refractivity contribution in [2.45, 2.75) is 11.4 Å². The van der Waals surface area contributed by atoms with Gasteiger partial charge in [-0.15, -0.1) is 0 Å². The van der Waals surface area contributed by atoms with Crippen LogP contribution in [0.1, 0.15) is 5.56 Å². The zero-order chi connectivity index (χ0) is 9.47. The molecule has 1 aromatic rings. The molecular formula is C7H9N3O2S. The highest BCUT2D eigenvalue weighted by atomic mass is 32.2. The third-order valence-electron chi connectivity index (χ3n) is 1.97. The number of rotatable bonds is 1. The first-order valence-corrected chi connectivity index (χ1v) is 5.21. The third-order valence-corrected chi connectivity index (χ3v) is 3.47. The number of hydrazine groups is 1. The molecule has 0 bridgehead atoms. The summed E-state index contributed by atoms with van der Waals surface area (Å²) in [4.78, 5) is 0.339. The Morgan fingerprint density at radius 1 is 1.46 bits per heavy atom. The number of benzene rings is 1. The molecule has 6 heteroatoms. The normalized spacial score (nSPS) is 18.2. The summed E-state index contributed by atoms with van der Waals surface area (Å²) in [6, 6.07) is 4.89. The van der Waals surface area contributed by atoms with Crippen LogP contribution in [-0.2, 0) is 16.6 Å². The van der Waals surface area contributed by atoms with E-state index in [-0.39, 0.29) is 0 Å². The summed E-state index contributed by atoms with van der Waals surface area (Å²) in [5.74, 6) is 5.19. The van der Waals surface area contributed by atoms with Gasteiger partial charge in [0, 0.05) is 12.2 Å². The van der Waals surface area contributed by atoms with Crippen molar-refractivity contribution in [3.05, 3.63) is 23.8 Å². The van der Waals surface area contributed by atoms with E-state index in [0.29, 0.717) is 17.1 Å². The molecule has 0 amide bonds. The molecule has 0 saturated heterocycles. The average molecular weight is 199 g/mol. The van der Waals surface area contributed by atoms with E-state index in [0.717, 1.165) is 5.56 Å². The molecule has 0 aromatic heterocycles. The quantitative estimate of drug-likeness (QED) is 0.430. The van der Waals surface area contributed by atoms with Gasteiger partial charge in [0.1, 0.15) is 0 Å². The van der Waals surface area contributed by atoms with Crippen LogP contribution in [0.4, 0.5) is 5.69 Å². The fourth-order valence-electron chi connectivity index (χ4n) is 1.32. The second-order valence-corrected chi connectivity index (χ2v) is 4.53. The number of nitrogens with one attached hydrogen (secondary N) is 2. The summed E-state index contributed by atoms with van der Waals surface area (Å²) in [5, 5.41) is 0. The van der Waals surface area contributed by atoms with Crippen molar-refractivity contribution in [2.24, 2.45) is 5.84 Å². The van der Waals surface area contributed by atoms with Crippen molar-refractivity contribution in [1.82, 2.24) is 4.72 Å². The van der Waals surface area contributed by atoms with Crippen LogP contribution in [0.25, 0.3) is 0 Å². The minimum Gasteiger partial charge on any atom is -0.324 e. The lowest BCUT2D eigenvalue weighted by Gasteiger charge is -2.01. The Balaban J connectivity index is 2.59. The molecule has 2 rings (SSSR count). The van der Waals surface area contributed by atoms with Gasteiger partial charge in [0.2, 0.25) is 10.0 Å². The smallest absolute Gasteiger partial charge is 0.241 e. The summed E-state index contributed by atoms with van der Waals surface area (Å²) >= 11 is 0. The molecule has 0 saturated carbocycles. The van der Waals surface area contributed by atoms with Crippen LogP contribution in [0.3, 0.4) is 0 Å². The van der Waals surface area contributed by atoms with E-state index < -0.39 is 10.0 Å². The number of anilines is 1. The topological polar surface area (TPSA) is 84.2 Å². The molecule has 1 aliphatic rings. The highest BCUT2D eigenvalue weighted by Gasteiger charge is 2.24. The minimum absolute atomic E-state index is 0.339. The fourth-order valence-corrected chi connectivity index (χ4v) is 2.54. The van der Waals surface area contributed by atoms with Gasteiger partial charge in [-0.25, -0.2) is 13.1 Å². The van der Waals surface area contributed by atoms with Crippen molar-refractivity contribution in [3.8, 4) is 0 Å². The molecule has 1 aromatic carbocycles. The van der Waals surface area contributed by atoms with Crippen molar-refractivity contribution in [3.63, 3.8) is 0 Å². The van der Waals surface area contributed by atoms with E-state index in [4.69, 9.17) is 5.84 Å². The van der Waals surface area contributed by atoms with Gasteiger partial charge < -0.3 is 5.43 Å². The van der Waals surface area contributed by atoms with Gasteiger partial charge in [-0.2, -0.15) is 0 Å². The van der Waals surface area contributed by atoms with E-state index in [1.807, 2.05) is 0 Å². The molecular weight excluding hydrogens is 190 g/mol. The second-order valence-electron chi connectivity index (χ2n) is 2.79. The van der Waals surface area contributed by atoms with Gasteiger partial charge in [0.25, 0.3) is 0 Å². The molecule has 0 spiro atoms. The molecule has 0 radical (unpaired) electrons. The van der Waals surface area contributed by atoms with Crippen molar-refractivity contribution < 1.29 is 8.42 Å². The van der Waals surface area contributed by atoms with Crippen molar-refractivity contribution >= 4 is 15.7 Å². The second kappa shape index (κ2) is 2.69. The lowest BCUT2D eigenvalue weighted by molar-refractivity contribution is 0.589. The molecule has 1 heterocycles. The fraction of sp³-hybridized carbons (Fsp3) is 0.143. The maximum absolute atomic E-state index is 11.3. The molecule has 5 nitrogen and oxygen atoms in total. The first-order valence-electron chi connectivity index (χ1n) is 3.73. The molecule has 1 aliphatic heterocycles. The Bertz CT molecular complexity index is 441. The van der Waals surface area contributed by atoms with Crippen LogP contribution in [0.2, 0.25) is 0 Å². The number of nitrogens with two attached hydrogens (primary N) is 1. The summed E-state index contributed by atoms with van der Waals surface area (Å²) in [7, 11) is -3.25. The van der Waals surface area contributed by atoms with Gasteiger partial charge in [0.05, 0.1) is 4.90 Å². The van der Waals surface area contributed by atoms with E-state index in [2.05, 4.69) is 10.1 Å². The molecule has 0 aliphatic carbocycles. The predicted octanol–water partition coefficient (Wildman–Crippen LogP) is -0.236. The Kier molecular flexibility index (Phi) is 1.76. The zero-order valence-electron chi connectivity index (χ0n) is 6.74. The zero-order valence-corrected chi connectivity index (χ0v) is 7.56. The van der Waals surface area contributed by atoms with Gasteiger partial charge in [-0.3, -0.25) is 5.84 Å². The van der Waals surface area contributed by atoms with Crippen LogP contribution in [0.5, 0.6) is 0 Å². The predicted molar refractivity (Wildman–Crippen MR) is 48.3 cm³/mol. The average Bonchev–Trinajstić information content (AvgIpc) is 2.42. The molecule has 13 heavy (non-hydrogen) atoms. The summed E-state index contributed by atoms with van der Waals surface area (Å²) in [5.41, 5.74) is 3.91. The van der Waals surface area contributed by atoms with Crippen LogP contribution >= 0.6 is 0 Å². The van der Waals surface area contributed by atoms with Crippen LogP contribution in [0, 0.1) is 0 Å². The minimum atomic E-state index is -3.25. The Labute approximate surface area is 76.0 Å². The van der Waals surface area contributed by atoms with Gasteiger partial charge >= 0.3 is 0 Å². The molecule has 70 valence electrons. The summed E-state index contributed by atoms with van der Waals surface area (Å²) in [6.45, 7) is 0.340. The molecule has 0 unspecified atom stereocenters. The molecule has 4 N–H and O–H groups in total. The maximum atomic E-state index is 11.3. The van der Waals surface area contributed by atoms with E-state index in [1.54, 1.807) is 18.2 Å². The van der Waals surface area contributed by atoms with Gasteiger partial charge in [0.15, 0.2) is 0 Å². The standard InChI is InChI=1S/C7H9N3O2S/c8-10-6-1-2-7-5(3-6)4-9-13(7,11)12/h1-3,9-10H,4,8H2. The highest BCUT2D eigenvalue weighted by molar-refractivity contribution is 7.89. The largest absolute Gasteiger partial charge is 0.324 e. The van der Waals surface area contributed by atoms with Crippen LogP contribution < -0.4 is 16.0 Å². The lowest BCUT2D eigenvalue weighted by Crippen LogP contribution is -2.13. The Hall–Kier alpha value is -1.11. The first-order chi connectivity index (χ1) is 6.13. The van der Waals surface area contributed by atoms with Crippen LogP contribution in [0.15, 0.2) is 23.1 Å². The number of hydrogen-bond donors (Lipinski definition) is 3. The summed E-state index contributed by atoms with van der Waals surface area (Å²) in [6.07, 6.45) is 0. The Morgan fingerprint density at radius 3 is 2.92 bits per heavy atom. The highest BCUT2D eigenvalue weighted by Crippen LogP contribution is 2.24.